The molecule has 7 nitrogen and oxygen atoms in total. The van der Waals surface area contributed by atoms with Crippen molar-refractivity contribution in [3.05, 3.63) is 39.0 Å². The Labute approximate surface area is 185 Å². The lowest BCUT2D eigenvalue weighted by Crippen LogP contribution is -2.37. The summed E-state index contributed by atoms with van der Waals surface area (Å²) in [5.41, 5.74) is -5.18. The van der Waals surface area contributed by atoms with Crippen LogP contribution < -0.4 is 4.90 Å². The van der Waals surface area contributed by atoms with Crippen LogP contribution in [0.2, 0.25) is 10.0 Å². The maximum absolute atomic E-state index is 13.5. The number of alkyl halides is 6. The number of nitriles is 1. The molecule has 0 unspecified atom stereocenters. The zero-order valence-electron chi connectivity index (χ0n) is 15.9. The molecule has 1 heterocycles. The van der Waals surface area contributed by atoms with Crippen molar-refractivity contribution in [3.63, 3.8) is 0 Å². The normalized spacial score (nSPS) is 11.8. The highest BCUT2D eigenvalue weighted by Crippen LogP contribution is 2.42. The van der Waals surface area contributed by atoms with Gasteiger partial charge in [-0.1, -0.05) is 23.2 Å². The first-order valence-corrected chi connectivity index (χ1v) is 9.05. The van der Waals surface area contributed by atoms with Gasteiger partial charge in [0.25, 0.3) is 0 Å². The van der Waals surface area contributed by atoms with Crippen LogP contribution in [0.15, 0.2) is 12.1 Å². The van der Waals surface area contributed by atoms with Crippen LogP contribution in [0.5, 0.6) is 0 Å². The average molecular weight is 503 g/mol. The molecule has 15 heteroatoms. The van der Waals surface area contributed by atoms with Crippen molar-refractivity contribution < 1.29 is 40.7 Å². The summed E-state index contributed by atoms with van der Waals surface area (Å²) in [4.78, 5) is 24.5. The Morgan fingerprint density at radius 2 is 1.69 bits per heavy atom. The molecule has 0 spiro atoms. The quantitative estimate of drug-likeness (QED) is 0.510. The predicted molar refractivity (Wildman–Crippen MR) is 98.5 cm³/mol. The van der Waals surface area contributed by atoms with Gasteiger partial charge in [0, 0.05) is 6.92 Å². The van der Waals surface area contributed by atoms with Crippen LogP contribution >= 0.6 is 23.2 Å². The van der Waals surface area contributed by atoms with E-state index in [0.717, 1.165) is 6.92 Å². The van der Waals surface area contributed by atoms with Crippen LogP contribution in [0.3, 0.4) is 0 Å². The van der Waals surface area contributed by atoms with E-state index in [1.165, 1.54) is 13.0 Å². The molecule has 2 rings (SSSR count). The molecule has 0 atom stereocenters. The summed E-state index contributed by atoms with van der Waals surface area (Å²) < 4.78 is 84.5. The molecule has 2 aromatic rings. The summed E-state index contributed by atoms with van der Waals surface area (Å²) in [5.74, 6) is -2.25. The van der Waals surface area contributed by atoms with Gasteiger partial charge in [-0.05, 0) is 19.1 Å². The summed E-state index contributed by atoms with van der Waals surface area (Å²) in [6, 6.07) is 1.91. The zero-order valence-corrected chi connectivity index (χ0v) is 17.4. The number of nitrogens with zero attached hydrogens (tertiary/aromatic N) is 4. The number of benzene rings is 1. The minimum atomic E-state index is -5.26. The Kier molecular flexibility index (Phi) is 7.01. The molecular formula is C17H10Cl2F6N4O3. The Bertz CT molecular complexity index is 1100. The van der Waals surface area contributed by atoms with E-state index >= 15 is 0 Å². The van der Waals surface area contributed by atoms with Crippen molar-refractivity contribution in [2.45, 2.75) is 26.2 Å². The van der Waals surface area contributed by atoms with E-state index in [1.807, 2.05) is 0 Å². The van der Waals surface area contributed by atoms with Crippen LogP contribution in [0.4, 0.5) is 37.0 Å². The number of amides is 2. The second kappa shape index (κ2) is 8.87. The first kappa shape index (κ1) is 25.3. The molecule has 1 aromatic heterocycles. The molecular weight excluding hydrogens is 493 g/mol. The lowest BCUT2D eigenvalue weighted by atomic mass is 10.2. The number of carbonyl (C=O) groups is 2. The Balaban J connectivity index is 2.99. The van der Waals surface area contributed by atoms with E-state index in [2.05, 4.69) is 9.84 Å². The summed E-state index contributed by atoms with van der Waals surface area (Å²) in [6.45, 7) is 1.81. The average Bonchev–Trinajstić information content (AvgIpc) is 2.99. The van der Waals surface area contributed by atoms with Crippen LogP contribution in [0.25, 0.3) is 5.69 Å². The maximum atomic E-state index is 13.5. The van der Waals surface area contributed by atoms with Crippen molar-refractivity contribution in [1.82, 2.24) is 9.78 Å². The third kappa shape index (κ3) is 4.76. The number of rotatable bonds is 3. The van der Waals surface area contributed by atoms with Gasteiger partial charge < -0.3 is 4.74 Å². The van der Waals surface area contributed by atoms with Gasteiger partial charge in [-0.25, -0.2) is 9.48 Å². The number of carbonyl (C=O) groups excluding carboxylic acids is 2. The number of hydrogen-bond donors (Lipinski definition) is 0. The smallest absolute Gasteiger partial charge is 0.436 e. The maximum Gasteiger partial charge on any atom is 0.436 e. The van der Waals surface area contributed by atoms with Gasteiger partial charge >= 0.3 is 18.4 Å². The molecule has 0 aliphatic rings. The van der Waals surface area contributed by atoms with Crippen LogP contribution in [-0.2, 0) is 21.9 Å². The molecule has 0 bridgehead atoms. The number of anilines is 1. The number of imide groups is 1. The second-order valence-electron chi connectivity index (χ2n) is 5.91. The third-order valence-corrected chi connectivity index (χ3v) is 4.35. The summed E-state index contributed by atoms with van der Waals surface area (Å²) in [5, 5.41) is 10.9. The van der Waals surface area contributed by atoms with Crippen molar-refractivity contribution >= 4 is 41.0 Å². The third-order valence-electron chi connectivity index (χ3n) is 3.77. The number of hydrogen-bond acceptors (Lipinski definition) is 5. The molecule has 172 valence electrons. The van der Waals surface area contributed by atoms with Crippen molar-refractivity contribution in [3.8, 4) is 11.8 Å². The molecule has 1 aromatic carbocycles. The molecule has 0 saturated heterocycles. The van der Waals surface area contributed by atoms with E-state index in [0.29, 0.717) is 12.1 Å². The van der Waals surface area contributed by atoms with Gasteiger partial charge in [0.05, 0.1) is 22.2 Å². The van der Waals surface area contributed by atoms with E-state index in [-0.39, 0.29) is 16.2 Å². The van der Waals surface area contributed by atoms with E-state index in [1.54, 1.807) is 0 Å². The number of halogens is 8. The predicted octanol–water partition coefficient (Wildman–Crippen LogP) is 5.60. The molecule has 0 aliphatic carbocycles. The van der Waals surface area contributed by atoms with Crippen LogP contribution in [0, 0.1) is 11.3 Å². The zero-order chi connectivity index (χ0) is 24.6. The summed E-state index contributed by atoms with van der Waals surface area (Å²) in [7, 11) is 0. The van der Waals surface area contributed by atoms with Crippen molar-refractivity contribution in [2.75, 3.05) is 11.5 Å². The Hall–Kier alpha value is -2.98. The van der Waals surface area contributed by atoms with E-state index in [4.69, 9.17) is 23.2 Å². The Morgan fingerprint density at radius 1 is 1.16 bits per heavy atom. The van der Waals surface area contributed by atoms with Gasteiger partial charge in [0.1, 0.15) is 17.3 Å². The number of ether oxygens (including phenoxy) is 1. The molecule has 0 radical (unpaired) electrons. The van der Waals surface area contributed by atoms with Gasteiger partial charge in [0.2, 0.25) is 5.91 Å². The highest BCUT2D eigenvalue weighted by Gasteiger charge is 2.43. The minimum Gasteiger partial charge on any atom is -0.449 e. The van der Waals surface area contributed by atoms with E-state index < -0.39 is 62.7 Å². The van der Waals surface area contributed by atoms with Gasteiger partial charge in [-0.3, -0.25) is 4.79 Å². The van der Waals surface area contributed by atoms with Crippen molar-refractivity contribution in [1.29, 1.82) is 5.26 Å². The fourth-order valence-electron chi connectivity index (χ4n) is 2.56. The molecule has 0 saturated carbocycles. The van der Waals surface area contributed by atoms with Crippen molar-refractivity contribution in [2.24, 2.45) is 0 Å². The molecule has 32 heavy (non-hydrogen) atoms. The van der Waals surface area contributed by atoms with E-state index in [9.17, 15) is 41.2 Å². The van der Waals surface area contributed by atoms with Gasteiger partial charge in [-0.2, -0.15) is 41.6 Å². The highest BCUT2D eigenvalue weighted by molar-refractivity contribution is 6.38. The molecule has 0 N–H and O–H groups in total. The summed E-state index contributed by atoms with van der Waals surface area (Å²) >= 11 is 11.7. The standard InChI is InChI=1S/C17H10Cl2F6N4O3/c1-3-32-15(31)28(7(2)30)14-9(6-26)13(17(23,24)25)27-29(14)12-10(18)4-8(5-11(12)19)16(20,21)22/h4-5H,3H2,1-2H3. The monoisotopic (exact) mass is 502 g/mol. The summed E-state index contributed by atoms with van der Waals surface area (Å²) in [6.07, 6.45) is -11.6. The van der Waals surface area contributed by atoms with Gasteiger partial charge in [-0.15, -0.1) is 0 Å². The van der Waals surface area contributed by atoms with Crippen LogP contribution in [-0.4, -0.2) is 28.4 Å². The van der Waals surface area contributed by atoms with Crippen LogP contribution in [0.1, 0.15) is 30.7 Å². The number of aromatic nitrogens is 2. The highest BCUT2D eigenvalue weighted by atomic mass is 35.5. The fourth-order valence-corrected chi connectivity index (χ4v) is 3.20. The first-order chi connectivity index (χ1) is 14.6. The fraction of sp³-hybridized carbons (Fsp3) is 0.294. The molecule has 2 amide bonds. The van der Waals surface area contributed by atoms with Gasteiger partial charge in [0.15, 0.2) is 11.5 Å². The molecule has 0 aliphatic heterocycles. The second-order valence-corrected chi connectivity index (χ2v) is 6.72. The topological polar surface area (TPSA) is 88.2 Å². The lowest BCUT2D eigenvalue weighted by Gasteiger charge is -2.21. The lowest BCUT2D eigenvalue weighted by molar-refractivity contribution is -0.141. The molecule has 0 fully saturated rings. The SMILES string of the molecule is CCOC(=O)N(C(C)=O)c1c(C#N)c(C(F)(F)F)nn1-c1c(Cl)cc(C(F)(F)F)cc1Cl. The Morgan fingerprint density at radius 3 is 2.06 bits per heavy atom. The first-order valence-electron chi connectivity index (χ1n) is 8.29. The minimum absolute atomic E-state index is 0.0641. The largest absolute Gasteiger partial charge is 0.449 e.